The highest BCUT2D eigenvalue weighted by atomic mass is 16.5. The zero-order valence-electron chi connectivity index (χ0n) is 8.40. The van der Waals surface area contributed by atoms with Gasteiger partial charge in [0, 0.05) is 6.08 Å². The average Bonchev–Trinajstić information content (AvgIpc) is 2.22. The van der Waals surface area contributed by atoms with Gasteiger partial charge >= 0.3 is 11.9 Å². The summed E-state index contributed by atoms with van der Waals surface area (Å²) >= 11 is 0. The summed E-state index contributed by atoms with van der Waals surface area (Å²) in [5, 5.41) is 8.58. The van der Waals surface area contributed by atoms with E-state index in [0.717, 1.165) is 6.08 Å². The molecule has 0 aromatic carbocycles. The van der Waals surface area contributed by atoms with Gasteiger partial charge in [-0.2, -0.15) is 0 Å². The van der Waals surface area contributed by atoms with Crippen molar-refractivity contribution in [3.63, 3.8) is 0 Å². The second-order valence-corrected chi connectivity index (χ2v) is 2.66. The number of hydrogen-bond acceptors (Lipinski definition) is 5. The lowest BCUT2D eigenvalue weighted by atomic mass is 10.3. The van der Waals surface area contributed by atoms with Crippen LogP contribution in [0.5, 0.6) is 0 Å². The van der Waals surface area contributed by atoms with Crippen molar-refractivity contribution >= 4 is 11.9 Å². The van der Waals surface area contributed by atoms with Crippen LogP contribution in [0.2, 0.25) is 0 Å². The van der Waals surface area contributed by atoms with E-state index >= 15 is 0 Å². The Balaban J connectivity index is 3.32. The van der Waals surface area contributed by atoms with E-state index < -0.39 is 17.7 Å². The molecule has 0 fully saturated rings. The Morgan fingerprint density at radius 2 is 1.73 bits per heavy atom. The van der Waals surface area contributed by atoms with Gasteiger partial charge in [-0.3, -0.25) is 0 Å². The molecule has 0 aromatic heterocycles. The highest BCUT2D eigenvalue weighted by Gasteiger charge is 2.04. The molecule has 5 heteroatoms. The number of hydrogen-bond donors (Lipinski definition) is 1. The normalized spacial score (nSPS) is 9.07. The van der Waals surface area contributed by atoms with E-state index in [-0.39, 0.29) is 13.2 Å². The van der Waals surface area contributed by atoms with Gasteiger partial charge in [0.1, 0.15) is 0 Å². The van der Waals surface area contributed by atoms with Crippen molar-refractivity contribution in [1.82, 2.24) is 0 Å². The predicted molar refractivity (Wildman–Crippen MR) is 53.1 cm³/mol. The Kier molecular flexibility index (Phi) is 6.70. The minimum Gasteiger partial charge on any atom is -0.502 e. The van der Waals surface area contributed by atoms with E-state index in [1.165, 1.54) is 0 Å². The Hall–Kier alpha value is -1.78. The molecule has 0 amide bonds. The van der Waals surface area contributed by atoms with Crippen LogP contribution in [0.3, 0.4) is 0 Å². The number of rotatable bonds is 7. The lowest BCUT2D eigenvalue weighted by Gasteiger charge is -2.03. The number of carbonyl (C=O) groups excluding carboxylic acids is 2. The van der Waals surface area contributed by atoms with E-state index in [1.807, 2.05) is 0 Å². The number of aliphatic hydroxyl groups is 1. The van der Waals surface area contributed by atoms with Crippen LogP contribution < -0.4 is 0 Å². The van der Waals surface area contributed by atoms with E-state index in [1.54, 1.807) is 0 Å². The first-order chi connectivity index (χ1) is 7.07. The largest absolute Gasteiger partial charge is 0.502 e. The molecule has 0 aliphatic rings. The number of carbonyl (C=O) groups is 2. The van der Waals surface area contributed by atoms with Gasteiger partial charge in [-0.15, -0.1) is 0 Å². The summed E-state index contributed by atoms with van der Waals surface area (Å²) in [7, 11) is 0. The molecule has 0 saturated carbocycles. The Labute approximate surface area is 88.0 Å². The summed E-state index contributed by atoms with van der Waals surface area (Å²) in [6.45, 7) is 6.65. The lowest BCUT2D eigenvalue weighted by molar-refractivity contribution is -0.143. The molecule has 0 bridgehead atoms. The topological polar surface area (TPSA) is 72.8 Å². The minimum absolute atomic E-state index is 0.157. The molecular weight excluding hydrogens is 200 g/mol. The third-order valence-electron chi connectivity index (χ3n) is 1.42. The van der Waals surface area contributed by atoms with Crippen molar-refractivity contribution < 1.29 is 24.2 Å². The average molecular weight is 214 g/mol. The molecule has 0 aromatic rings. The Morgan fingerprint density at radius 1 is 1.20 bits per heavy atom. The monoisotopic (exact) mass is 214 g/mol. The van der Waals surface area contributed by atoms with Gasteiger partial charge in [0.2, 0.25) is 0 Å². The van der Waals surface area contributed by atoms with Crippen LogP contribution in [0.25, 0.3) is 0 Å². The first kappa shape index (κ1) is 13.2. The zero-order chi connectivity index (χ0) is 11.7. The lowest BCUT2D eigenvalue weighted by Crippen LogP contribution is -2.09. The van der Waals surface area contributed by atoms with Crippen LogP contribution in [-0.2, 0) is 19.1 Å². The molecule has 15 heavy (non-hydrogen) atoms. The van der Waals surface area contributed by atoms with Crippen LogP contribution >= 0.6 is 0 Å². The van der Waals surface area contributed by atoms with Crippen molar-refractivity contribution in [2.75, 3.05) is 13.2 Å². The molecule has 84 valence electrons. The summed E-state index contributed by atoms with van der Waals surface area (Å²) in [5.74, 6) is -1.93. The van der Waals surface area contributed by atoms with Gasteiger partial charge in [0.05, 0.1) is 13.2 Å². The first-order valence-corrected chi connectivity index (χ1v) is 4.42. The Bertz CT molecular complexity index is 257. The van der Waals surface area contributed by atoms with Gasteiger partial charge < -0.3 is 14.6 Å². The summed E-state index contributed by atoms with van der Waals surface area (Å²) in [6, 6.07) is 0. The standard InChI is InChI=1S/C10H14O5/c1-3-9(12)14-6-4-5-7-15-10(13)8(2)11/h3,11H,1-2,4-7H2. The van der Waals surface area contributed by atoms with E-state index in [2.05, 4.69) is 22.6 Å². The third kappa shape index (κ3) is 7.30. The summed E-state index contributed by atoms with van der Waals surface area (Å²) in [4.78, 5) is 21.2. The van der Waals surface area contributed by atoms with E-state index in [9.17, 15) is 9.59 Å². The maximum Gasteiger partial charge on any atom is 0.372 e. The molecule has 0 atom stereocenters. The predicted octanol–water partition coefficient (Wildman–Crippen LogP) is 1.11. The molecule has 0 rings (SSSR count). The maximum absolute atomic E-state index is 10.7. The molecule has 0 spiro atoms. The fourth-order valence-corrected chi connectivity index (χ4v) is 0.684. The third-order valence-corrected chi connectivity index (χ3v) is 1.42. The maximum atomic E-state index is 10.7. The number of esters is 2. The van der Waals surface area contributed by atoms with Crippen molar-refractivity contribution in [2.45, 2.75) is 12.8 Å². The molecule has 0 unspecified atom stereocenters. The van der Waals surface area contributed by atoms with Gasteiger partial charge in [-0.05, 0) is 19.4 Å². The van der Waals surface area contributed by atoms with Crippen LogP contribution in [0.1, 0.15) is 12.8 Å². The molecule has 0 aliphatic heterocycles. The van der Waals surface area contributed by atoms with Crippen molar-refractivity contribution in [2.24, 2.45) is 0 Å². The van der Waals surface area contributed by atoms with Gasteiger partial charge in [0.15, 0.2) is 5.76 Å². The summed E-state index contributed by atoms with van der Waals surface area (Å²) < 4.78 is 9.27. The first-order valence-electron chi connectivity index (χ1n) is 4.42. The fraction of sp³-hybridized carbons (Fsp3) is 0.400. The van der Waals surface area contributed by atoms with Crippen LogP contribution in [0.15, 0.2) is 25.0 Å². The van der Waals surface area contributed by atoms with Crippen LogP contribution in [-0.4, -0.2) is 30.3 Å². The second kappa shape index (κ2) is 7.61. The number of unbranched alkanes of at least 4 members (excludes halogenated alkanes) is 1. The van der Waals surface area contributed by atoms with E-state index in [4.69, 9.17) is 5.11 Å². The SMILES string of the molecule is C=CC(=O)OCCCCOC(=O)C(=C)O. The van der Waals surface area contributed by atoms with Gasteiger partial charge in [0.25, 0.3) is 0 Å². The highest BCUT2D eigenvalue weighted by molar-refractivity contribution is 5.84. The van der Waals surface area contributed by atoms with Crippen molar-refractivity contribution in [3.05, 3.63) is 25.0 Å². The second-order valence-electron chi connectivity index (χ2n) is 2.66. The molecule has 0 saturated heterocycles. The minimum atomic E-state index is -0.835. The van der Waals surface area contributed by atoms with Crippen molar-refractivity contribution in [1.29, 1.82) is 0 Å². The summed E-state index contributed by atoms with van der Waals surface area (Å²) in [6.07, 6.45) is 2.20. The zero-order valence-corrected chi connectivity index (χ0v) is 8.40. The highest BCUT2D eigenvalue weighted by Crippen LogP contribution is 1.95. The molecule has 5 nitrogen and oxygen atoms in total. The number of aliphatic hydroxyl groups excluding tert-OH is 1. The van der Waals surface area contributed by atoms with E-state index in [0.29, 0.717) is 12.8 Å². The molecule has 0 heterocycles. The molecular formula is C10H14O5. The smallest absolute Gasteiger partial charge is 0.372 e. The number of ether oxygens (including phenoxy) is 2. The van der Waals surface area contributed by atoms with Crippen LogP contribution in [0, 0.1) is 0 Å². The molecule has 1 N–H and O–H groups in total. The van der Waals surface area contributed by atoms with Crippen LogP contribution in [0.4, 0.5) is 0 Å². The summed E-state index contributed by atoms with van der Waals surface area (Å²) in [5.41, 5.74) is 0. The van der Waals surface area contributed by atoms with Crippen molar-refractivity contribution in [3.8, 4) is 0 Å². The van der Waals surface area contributed by atoms with Gasteiger partial charge in [-0.1, -0.05) is 6.58 Å². The Morgan fingerprint density at radius 3 is 2.20 bits per heavy atom. The molecule has 0 radical (unpaired) electrons. The van der Waals surface area contributed by atoms with Gasteiger partial charge in [-0.25, -0.2) is 9.59 Å². The fourth-order valence-electron chi connectivity index (χ4n) is 0.684. The molecule has 0 aliphatic carbocycles. The quantitative estimate of drug-likeness (QED) is 0.297.